The predicted octanol–water partition coefficient (Wildman–Crippen LogP) is 2.47. The fourth-order valence-electron chi connectivity index (χ4n) is 3.58. The van der Waals surface area contributed by atoms with Crippen LogP contribution >= 0.6 is 0 Å². The number of anilines is 1. The van der Waals surface area contributed by atoms with Crippen LogP contribution in [0.5, 0.6) is 0 Å². The maximum Gasteiger partial charge on any atom is 0.256 e. The zero-order chi connectivity index (χ0) is 19.5. The fourth-order valence-corrected chi connectivity index (χ4v) is 3.58. The van der Waals surface area contributed by atoms with Crippen LogP contribution in [-0.4, -0.2) is 54.4 Å². The Balaban J connectivity index is 1.56. The second-order valence-corrected chi connectivity index (χ2v) is 7.05. The van der Waals surface area contributed by atoms with Crippen LogP contribution in [0.25, 0.3) is 5.69 Å². The Kier molecular flexibility index (Phi) is 5.01. The van der Waals surface area contributed by atoms with E-state index in [2.05, 4.69) is 32.4 Å². The molecular formula is C20H23N7O. The highest BCUT2D eigenvalue weighted by Crippen LogP contribution is 2.24. The van der Waals surface area contributed by atoms with Gasteiger partial charge in [-0.15, -0.1) is 0 Å². The normalized spacial score (nSPS) is 19.4. The number of hydrogen-bond acceptors (Lipinski definition) is 6. The van der Waals surface area contributed by atoms with E-state index in [1.165, 1.54) is 4.80 Å². The van der Waals surface area contributed by atoms with Gasteiger partial charge in [0.1, 0.15) is 0 Å². The van der Waals surface area contributed by atoms with E-state index in [-0.39, 0.29) is 18.0 Å². The van der Waals surface area contributed by atoms with E-state index in [0.29, 0.717) is 23.7 Å². The lowest BCUT2D eigenvalue weighted by Gasteiger charge is -2.40. The van der Waals surface area contributed by atoms with Crippen LogP contribution in [0.1, 0.15) is 35.7 Å². The highest BCUT2D eigenvalue weighted by atomic mass is 16.2. The van der Waals surface area contributed by atoms with Crippen LogP contribution in [0.4, 0.5) is 5.95 Å². The molecule has 1 N–H and O–H groups in total. The van der Waals surface area contributed by atoms with Gasteiger partial charge in [-0.3, -0.25) is 4.79 Å². The number of rotatable bonds is 4. The first-order chi connectivity index (χ1) is 13.6. The second kappa shape index (κ2) is 7.75. The van der Waals surface area contributed by atoms with Crippen LogP contribution in [0.3, 0.4) is 0 Å². The van der Waals surface area contributed by atoms with Crippen molar-refractivity contribution in [1.82, 2.24) is 29.9 Å². The number of nitrogens with one attached hydrogen (secondary N) is 1. The fraction of sp³-hybridized carbons (Fsp3) is 0.350. The number of nitrogens with zero attached hydrogens (tertiary/aromatic N) is 6. The largest absolute Gasteiger partial charge is 0.349 e. The summed E-state index contributed by atoms with van der Waals surface area (Å²) in [7, 11) is 0. The van der Waals surface area contributed by atoms with Gasteiger partial charge in [0.25, 0.3) is 5.91 Å². The molecule has 1 amide bonds. The molecular weight excluding hydrogens is 354 g/mol. The average molecular weight is 377 g/mol. The van der Waals surface area contributed by atoms with Crippen LogP contribution in [0.2, 0.25) is 0 Å². The average Bonchev–Trinajstić information content (AvgIpc) is 3.25. The lowest BCUT2D eigenvalue weighted by atomic mass is 9.96. The third-order valence-corrected chi connectivity index (χ3v) is 5.11. The van der Waals surface area contributed by atoms with Gasteiger partial charge in [-0.25, -0.2) is 9.97 Å². The van der Waals surface area contributed by atoms with Gasteiger partial charge in [0.2, 0.25) is 5.95 Å². The number of aromatic nitrogens is 5. The highest BCUT2D eigenvalue weighted by Gasteiger charge is 2.33. The number of para-hydroxylation sites is 1. The Morgan fingerprint density at radius 2 is 1.86 bits per heavy atom. The summed E-state index contributed by atoms with van der Waals surface area (Å²) in [5.74, 6) is 0.578. The van der Waals surface area contributed by atoms with Crippen molar-refractivity contribution in [2.75, 3.05) is 11.9 Å². The van der Waals surface area contributed by atoms with Crippen molar-refractivity contribution in [3.63, 3.8) is 0 Å². The van der Waals surface area contributed by atoms with Gasteiger partial charge >= 0.3 is 0 Å². The van der Waals surface area contributed by atoms with E-state index in [0.717, 1.165) is 18.4 Å². The Morgan fingerprint density at radius 1 is 1.14 bits per heavy atom. The van der Waals surface area contributed by atoms with Gasteiger partial charge in [-0.05, 0) is 44.4 Å². The third-order valence-electron chi connectivity index (χ3n) is 5.11. The summed E-state index contributed by atoms with van der Waals surface area (Å²) in [5, 5.41) is 11.7. The Hall–Kier alpha value is -3.29. The van der Waals surface area contributed by atoms with E-state index in [1.54, 1.807) is 24.8 Å². The number of carbonyl (C=O) groups is 1. The van der Waals surface area contributed by atoms with Gasteiger partial charge in [-0.1, -0.05) is 12.1 Å². The number of hydrogen-bond donors (Lipinski definition) is 1. The number of likely N-dealkylation sites (tertiary alicyclic amines) is 1. The van der Waals surface area contributed by atoms with E-state index in [9.17, 15) is 4.79 Å². The summed E-state index contributed by atoms with van der Waals surface area (Å²) in [4.78, 5) is 25.4. The van der Waals surface area contributed by atoms with Gasteiger partial charge in [0, 0.05) is 31.0 Å². The lowest BCUT2D eigenvalue weighted by Crippen LogP contribution is -2.52. The zero-order valence-electron chi connectivity index (χ0n) is 16.0. The minimum Gasteiger partial charge on any atom is -0.349 e. The summed E-state index contributed by atoms with van der Waals surface area (Å²) in [6.07, 6.45) is 8.67. The molecule has 1 aliphatic rings. The number of amides is 1. The highest BCUT2D eigenvalue weighted by molar-refractivity contribution is 5.98. The van der Waals surface area contributed by atoms with Crippen LogP contribution in [0.15, 0.2) is 49.1 Å². The maximum absolute atomic E-state index is 13.4. The summed E-state index contributed by atoms with van der Waals surface area (Å²) in [6, 6.07) is 7.53. The molecule has 8 nitrogen and oxygen atoms in total. The Bertz CT molecular complexity index is 939. The monoisotopic (exact) mass is 377 g/mol. The molecule has 1 fully saturated rings. The Morgan fingerprint density at radius 3 is 2.61 bits per heavy atom. The van der Waals surface area contributed by atoms with Crippen LogP contribution in [0, 0.1) is 6.92 Å². The molecule has 0 aliphatic carbocycles. The molecule has 0 spiro atoms. The molecule has 3 aromatic rings. The molecule has 0 saturated carbocycles. The molecule has 1 saturated heterocycles. The number of carbonyl (C=O) groups excluding carboxylic acids is 1. The standard InChI is InChI=1S/C20H23N7O/c1-14-12-21-20(22-13-14)25-17-7-5-11-26(15(17)2)19(28)16-6-3-4-8-18(16)27-23-9-10-24-27/h3-4,6,8-10,12-13,15,17H,5,7,11H2,1-2H3,(H,21,22,25)/t15-,17?/m0/s1. The van der Waals surface area contributed by atoms with E-state index in [4.69, 9.17) is 0 Å². The first-order valence-electron chi connectivity index (χ1n) is 9.45. The minimum atomic E-state index is -0.0169. The van der Waals surface area contributed by atoms with Crippen LogP contribution < -0.4 is 5.32 Å². The van der Waals surface area contributed by atoms with Crippen molar-refractivity contribution in [3.05, 3.63) is 60.2 Å². The molecule has 8 heteroatoms. The minimum absolute atomic E-state index is 0.00443. The SMILES string of the molecule is Cc1cnc(NC2CCCN(C(=O)c3ccccc3-n3nccn3)[C@H]2C)nc1. The van der Waals surface area contributed by atoms with Gasteiger partial charge in [0.15, 0.2) is 0 Å². The molecule has 1 unspecified atom stereocenters. The first kappa shape index (κ1) is 18.1. The second-order valence-electron chi connectivity index (χ2n) is 7.05. The van der Waals surface area contributed by atoms with E-state index < -0.39 is 0 Å². The smallest absolute Gasteiger partial charge is 0.256 e. The van der Waals surface area contributed by atoms with E-state index in [1.807, 2.05) is 36.1 Å². The van der Waals surface area contributed by atoms with Crippen molar-refractivity contribution in [1.29, 1.82) is 0 Å². The molecule has 2 aromatic heterocycles. The zero-order valence-corrected chi connectivity index (χ0v) is 16.0. The topological polar surface area (TPSA) is 88.8 Å². The Labute approximate surface area is 163 Å². The summed E-state index contributed by atoms with van der Waals surface area (Å²) in [6.45, 7) is 4.74. The molecule has 1 aromatic carbocycles. The summed E-state index contributed by atoms with van der Waals surface area (Å²) < 4.78 is 0. The van der Waals surface area contributed by atoms with Gasteiger partial charge in [-0.2, -0.15) is 15.0 Å². The molecule has 3 heterocycles. The number of benzene rings is 1. The number of piperidine rings is 1. The van der Waals surface area contributed by atoms with Crippen molar-refractivity contribution in [2.24, 2.45) is 0 Å². The maximum atomic E-state index is 13.4. The molecule has 0 radical (unpaired) electrons. The van der Waals surface area contributed by atoms with Crippen LogP contribution in [-0.2, 0) is 0 Å². The van der Waals surface area contributed by atoms with Crippen molar-refractivity contribution in [2.45, 2.75) is 38.8 Å². The molecule has 0 bridgehead atoms. The lowest BCUT2D eigenvalue weighted by molar-refractivity contribution is 0.0616. The van der Waals surface area contributed by atoms with Gasteiger partial charge < -0.3 is 10.2 Å². The summed E-state index contributed by atoms with van der Waals surface area (Å²) >= 11 is 0. The number of aryl methyl sites for hydroxylation is 1. The molecule has 144 valence electrons. The van der Waals surface area contributed by atoms with Crippen molar-refractivity contribution < 1.29 is 4.79 Å². The van der Waals surface area contributed by atoms with Crippen molar-refractivity contribution >= 4 is 11.9 Å². The quantitative estimate of drug-likeness (QED) is 0.751. The van der Waals surface area contributed by atoms with Gasteiger partial charge in [0.05, 0.1) is 23.6 Å². The molecule has 4 rings (SSSR count). The van der Waals surface area contributed by atoms with Crippen molar-refractivity contribution in [3.8, 4) is 5.69 Å². The molecule has 28 heavy (non-hydrogen) atoms. The summed E-state index contributed by atoms with van der Waals surface area (Å²) in [5.41, 5.74) is 2.29. The predicted molar refractivity (Wildman–Crippen MR) is 105 cm³/mol. The first-order valence-corrected chi connectivity index (χ1v) is 9.45. The molecule has 2 atom stereocenters. The third kappa shape index (κ3) is 3.58. The van der Waals surface area contributed by atoms with E-state index >= 15 is 0 Å². The molecule has 1 aliphatic heterocycles.